The average Bonchev–Trinajstić information content (AvgIpc) is 3.08. The number of thiazole rings is 1. The number of carbonyl (C=O) groups is 1. The van der Waals surface area contributed by atoms with Crippen molar-refractivity contribution in [1.29, 1.82) is 0 Å². The quantitative estimate of drug-likeness (QED) is 0.574. The summed E-state index contributed by atoms with van der Waals surface area (Å²) >= 11 is 1.27. The Morgan fingerprint density at radius 1 is 1.26 bits per heavy atom. The van der Waals surface area contributed by atoms with Gasteiger partial charge in [-0.2, -0.15) is 0 Å². The van der Waals surface area contributed by atoms with Crippen molar-refractivity contribution in [2.75, 3.05) is 13.7 Å². The Bertz CT molecular complexity index is 1340. The molecule has 31 heavy (non-hydrogen) atoms. The highest BCUT2D eigenvalue weighted by Crippen LogP contribution is 2.35. The van der Waals surface area contributed by atoms with Gasteiger partial charge in [0.25, 0.3) is 5.56 Å². The molecule has 1 atom stereocenters. The minimum Gasteiger partial charge on any atom is -0.496 e. The fourth-order valence-electron chi connectivity index (χ4n) is 3.59. The number of esters is 1. The van der Waals surface area contributed by atoms with Gasteiger partial charge in [-0.15, -0.1) is 0 Å². The molecule has 1 aliphatic rings. The molecular weight excluding hydrogens is 414 g/mol. The van der Waals surface area contributed by atoms with E-state index in [9.17, 15) is 9.59 Å². The predicted octanol–water partition coefficient (Wildman–Crippen LogP) is 2.20. The highest BCUT2D eigenvalue weighted by Gasteiger charge is 2.34. The zero-order valence-electron chi connectivity index (χ0n) is 17.4. The lowest BCUT2D eigenvalue weighted by atomic mass is 9.95. The average molecular weight is 436 g/mol. The number of aromatic nitrogens is 2. The van der Waals surface area contributed by atoms with E-state index in [1.165, 1.54) is 11.3 Å². The van der Waals surface area contributed by atoms with Gasteiger partial charge < -0.3 is 9.47 Å². The summed E-state index contributed by atoms with van der Waals surface area (Å²) in [6, 6.07) is 10.3. The third-order valence-electron chi connectivity index (χ3n) is 4.93. The zero-order valence-corrected chi connectivity index (χ0v) is 18.2. The van der Waals surface area contributed by atoms with Crippen molar-refractivity contribution in [2.24, 2.45) is 4.99 Å². The van der Waals surface area contributed by atoms with Crippen LogP contribution in [0.5, 0.6) is 5.75 Å². The van der Waals surface area contributed by atoms with Crippen molar-refractivity contribution >= 4 is 23.4 Å². The molecule has 0 N–H and O–H groups in total. The van der Waals surface area contributed by atoms with Crippen LogP contribution >= 0.6 is 11.3 Å². The molecular formula is C23H21N3O4S. The van der Waals surface area contributed by atoms with Crippen LogP contribution in [-0.2, 0) is 9.53 Å². The molecule has 0 bridgehead atoms. The van der Waals surface area contributed by atoms with Crippen molar-refractivity contribution in [3.05, 3.63) is 90.9 Å². The first-order chi connectivity index (χ1) is 15.0. The number of hydrogen-bond acceptors (Lipinski definition) is 7. The maximum absolute atomic E-state index is 13.5. The maximum Gasteiger partial charge on any atom is 0.338 e. The fraction of sp³-hybridized carbons (Fsp3) is 0.217. The van der Waals surface area contributed by atoms with Crippen LogP contribution in [0.1, 0.15) is 31.0 Å². The molecule has 3 heterocycles. The van der Waals surface area contributed by atoms with Crippen LogP contribution in [0.2, 0.25) is 0 Å². The first-order valence-electron chi connectivity index (χ1n) is 9.77. The summed E-state index contributed by atoms with van der Waals surface area (Å²) in [7, 11) is 1.56. The number of nitrogens with zero attached hydrogens (tertiary/aromatic N) is 3. The van der Waals surface area contributed by atoms with Crippen LogP contribution in [-0.4, -0.2) is 29.2 Å². The van der Waals surface area contributed by atoms with E-state index in [2.05, 4.69) is 9.98 Å². The van der Waals surface area contributed by atoms with E-state index in [0.717, 1.165) is 5.56 Å². The minimum atomic E-state index is -0.706. The van der Waals surface area contributed by atoms with E-state index in [4.69, 9.17) is 9.47 Å². The maximum atomic E-state index is 13.5. The summed E-state index contributed by atoms with van der Waals surface area (Å²) in [6.07, 6.45) is 5.14. The molecule has 7 nitrogen and oxygen atoms in total. The number of ether oxygens (including phenoxy) is 2. The number of benzene rings is 1. The van der Waals surface area contributed by atoms with Gasteiger partial charge in [0.1, 0.15) is 11.8 Å². The second-order valence-electron chi connectivity index (χ2n) is 6.83. The van der Waals surface area contributed by atoms with E-state index in [1.807, 2.05) is 30.3 Å². The standard InChI is InChI=1S/C23H21N3O4S/c1-4-30-22(28)19-14(2)25-23-26(20(19)16-9-5-6-10-17(16)29-3)21(27)18(31-23)12-15-8-7-11-24-13-15/h5-13,20H,4H2,1-3H3/b18-12+. The molecule has 158 valence electrons. The van der Waals surface area contributed by atoms with E-state index >= 15 is 0 Å². The predicted molar refractivity (Wildman–Crippen MR) is 118 cm³/mol. The molecule has 0 saturated carbocycles. The first-order valence-corrected chi connectivity index (χ1v) is 10.6. The van der Waals surface area contributed by atoms with E-state index in [1.54, 1.807) is 50.1 Å². The van der Waals surface area contributed by atoms with Crippen molar-refractivity contribution in [3.8, 4) is 5.75 Å². The fourth-order valence-corrected chi connectivity index (χ4v) is 4.64. The molecule has 0 aliphatic carbocycles. The Kier molecular flexibility index (Phi) is 5.81. The normalized spacial score (nSPS) is 16.0. The molecule has 0 radical (unpaired) electrons. The molecule has 0 spiro atoms. The second kappa shape index (κ2) is 8.69. The molecule has 4 rings (SSSR count). The van der Waals surface area contributed by atoms with Gasteiger partial charge >= 0.3 is 5.97 Å². The largest absolute Gasteiger partial charge is 0.496 e. The number of hydrogen-bond donors (Lipinski definition) is 0. The van der Waals surface area contributed by atoms with Crippen molar-refractivity contribution < 1.29 is 14.3 Å². The molecule has 2 aromatic heterocycles. The molecule has 1 aromatic carbocycles. The number of rotatable bonds is 5. The van der Waals surface area contributed by atoms with Crippen LogP contribution in [0.15, 0.2) is 69.8 Å². The first kappa shape index (κ1) is 20.7. The Morgan fingerprint density at radius 2 is 2.06 bits per heavy atom. The third kappa shape index (κ3) is 3.82. The highest BCUT2D eigenvalue weighted by molar-refractivity contribution is 7.07. The van der Waals surface area contributed by atoms with Crippen LogP contribution in [0.25, 0.3) is 6.08 Å². The number of carbonyl (C=O) groups excluding carboxylic acids is 1. The van der Waals surface area contributed by atoms with Gasteiger partial charge in [-0.1, -0.05) is 35.6 Å². The van der Waals surface area contributed by atoms with E-state index in [0.29, 0.717) is 31.9 Å². The lowest BCUT2D eigenvalue weighted by Crippen LogP contribution is -2.40. The van der Waals surface area contributed by atoms with Crippen LogP contribution in [0, 0.1) is 0 Å². The van der Waals surface area contributed by atoms with Crippen molar-refractivity contribution in [1.82, 2.24) is 9.55 Å². The van der Waals surface area contributed by atoms with Gasteiger partial charge in [0.15, 0.2) is 4.80 Å². The van der Waals surface area contributed by atoms with Gasteiger partial charge in [-0.25, -0.2) is 9.79 Å². The molecule has 0 saturated heterocycles. The summed E-state index contributed by atoms with van der Waals surface area (Å²) in [5.74, 6) is 0.0760. The molecule has 0 amide bonds. The summed E-state index contributed by atoms with van der Waals surface area (Å²) < 4.78 is 12.9. The smallest absolute Gasteiger partial charge is 0.338 e. The van der Waals surface area contributed by atoms with Crippen LogP contribution in [0.4, 0.5) is 0 Å². The Hall–Kier alpha value is -3.52. The highest BCUT2D eigenvalue weighted by atomic mass is 32.1. The second-order valence-corrected chi connectivity index (χ2v) is 7.84. The van der Waals surface area contributed by atoms with Crippen molar-refractivity contribution in [2.45, 2.75) is 19.9 Å². The Morgan fingerprint density at radius 3 is 2.77 bits per heavy atom. The van der Waals surface area contributed by atoms with Crippen molar-refractivity contribution in [3.63, 3.8) is 0 Å². The Balaban J connectivity index is 2.00. The van der Waals surface area contributed by atoms with Gasteiger partial charge in [0.05, 0.1) is 29.5 Å². The van der Waals surface area contributed by atoms with Gasteiger partial charge in [0.2, 0.25) is 0 Å². The summed E-state index contributed by atoms with van der Waals surface area (Å²) in [5, 5.41) is 0. The summed E-state index contributed by atoms with van der Waals surface area (Å²) in [4.78, 5) is 35.6. The molecule has 1 aliphatic heterocycles. The SMILES string of the molecule is CCOC(=O)C1=C(C)N=c2s/c(=C/c3cccnc3)c(=O)n2C1c1ccccc1OC. The monoisotopic (exact) mass is 435 g/mol. The topological polar surface area (TPSA) is 82.8 Å². The number of fused-ring (bicyclic) bond motifs is 1. The molecule has 3 aromatic rings. The number of pyridine rings is 1. The van der Waals surface area contributed by atoms with Gasteiger partial charge in [-0.05, 0) is 37.6 Å². The zero-order chi connectivity index (χ0) is 22.0. The summed E-state index contributed by atoms with van der Waals surface area (Å²) in [5.41, 5.74) is 2.10. The number of methoxy groups -OCH3 is 1. The third-order valence-corrected chi connectivity index (χ3v) is 5.92. The molecule has 0 fully saturated rings. The van der Waals surface area contributed by atoms with Crippen LogP contribution < -0.4 is 19.6 Å². The Labute approximate surface area is 182 Å². The lowest BCUT2D eigenvalue weighted by molar-refractivity contribution is -0.139. The van der Waals surface area contributed by atoms with E-state index in [-0.39, 0.29) is 12.2 Å². The lowest BCUT2D eigenvalue weighted by Gasteiger charge is -2.25. The number of para-hydroxylation sites is 1. The molecule has 1 unspecified atom stereocenters. The van der Waals surface area contributed by atoms with Gasteiger partial charge in [0, 0.05) is 18.0 Å². The minimum absolute atomic E-state index is 0.222. The number of allylic oxidation sites excluding steroid dienone is 1. The van der Waals surface area contributed by atoms with E-state index < -0.39 is 12.0 Å². The van der Waals surface area contributed by atoms with Gasteiger partial charge in [-0.3, -0.25) is 14.3 Å². The summed E-state index contributed by atoms with van der Waals surface area (Å²) in [6.45, 7) is 3.72. The molecule has 8 heteroatoms. The van der Waals surface area contributed by atoms with Crippen LogP contribution in [0.3, 0.4) is 0 Å².